The standard InChI is InChI=1S/C23H31NO/c1-17-11-12-20(15-18(17)2)13-14-22(25)24-19(3)16-23(4,5)21-9-7-6-8-10-21/h6-12,15,19H,13-14,16H2,1-5H3,(H,24,25). The van der Waals surface area contributed by atoms with Crippen molar-refractivity contribution in [3.63, 3.8) is 0 Å². The molecule has 0 bridgehead atoms. The summed E-state index contributed by atoms with van der Waals surface area (Å²) in [6, 6.07) is 17.1. The van der Waals surface area contributed by atoms with Gasteiger partial charge in [-0.3, -0.25) is 4.79 Å². The normalized spacial score (nSPS) is 12.7. The van der Waals surface area contributed by atoms with Gasteiger partial charge >= 0.3 is 0 Å². The van der Waals surface area contributed by atoms with Crippen LogP contribution in [-0.2, 0) is 16.6 Å². The third-order valence-corrected chi connectivity index (χ3v) is 4.99. The maximum atomic E-state index is 12.3. The maximum Gasteiger partial charge on any atom is 0.220 e. The van der Waals surface area contributed by atoms with Gasteiger partial charge in [-0.25, -0.2) is 0 Å². The lowest BCUT2D eigenvalue weighted by molar-refractivity contribution is -0.121. The van der Waals surface area contributed by atoms with Crippen LogP contribution in [0.15, 0.2) is 48.5 Å². The molecule has 0 aliphatic heterocycles. The van der Waals surface area contributed by atoms with Crippen molar-refractivity contribution in [1.29, 1.82) is 0 Å². The number of carbonyl (C=O) groups excluding carboxylic acids is 1. The van der Waals surface area contributed by atoms with Gasteiger partial charge in [-0.1, -0.05) is 62.4 Å². The molecule has 0 aromatic heterocycles. The first kappa shape index (κ1) is 19.2. The van der Waals surface area contributed by atoms with Gasteiger partial charge in [-0.2, -0.15) is 0 Å². The molecule has 1 atom stereocenters. The molecule has 0 aliphatic rings. The highest BCUT2D eigenvalue weighted by molar-refractivity contribution is 5.76. The highest BCUT2D eigenvalue weighted by atomic mass is 16.1. The zero-order valence-electron chi connectivity index (χ0n) is 16.2. The van der Waals surface area contributed by atoms with Crippen LogP contribution in [0.2, 0.25) is 0 Å². The van der Waals surface area contributed by atoms with Crippen LogP contribution in [0.25, 0.3) is 0 Å². The van der Waals surface area contributed by atoms with Crippen molar-refractivity contribution < 1.29 is 4.79 Å². The molecule has 25 heavy (non-hydrogen) atoms. The van der Waals surface area contributed by atoms with Crippen LogP contribution in [0.5, 0.6) is 0 Å². The monoisotopic (exact) mass is 337 g/mol. The van der Waals surface area contributed by atoms with Gasteiger partial charge in [0.1, 0.15) is 0 Å². The van der Waals surface area contributed by atoms with Crippen molar-refractivity contribution >= 4 is 5.91 Å². The van der Waals surface area contributed by atoms with Gasteiger partial charge in [-0.15, -0.1) is 0 Å². The molecule has 2 aromatic rings. The molecule has 2 rings (SSSR count). The Morgan fingerprint density at radius 3 is 2.36 bits per heavy atom. The van der Waals surface area contributed by atoms with E-state index >= 15 is 0 Å². The summed E-state index contributed by atoms with van der Waals surface area (Å²) in [4.78, 5) is 12.3. The van der Waals surface area contributed by atoms with Crippen LogP contribution in [0.1, 0.15) is 55.9 Å². The summed E-state index contributed by atoms with van der Waals surface area (Å²) in [7, 11) is 0. The van der Waals surface area contributed by atoms with Crippen molar-refractivity contribution in [2.24, 2.45) is 0 Å². The van der Waals surface area contributed by atoms with Gasteiger partial charge in [0.05, 0.1) is 0 Å². The maximum absolute atomic E-state index is 12.3. The number of hydrogen-bond donors (Lipinski definition) is 1. The summed E-state index contributed by atoms with van der Waals surface area (Å²) in [5.41, 5.74) is 5.17. The van der Waals surface area contributed by atoms with Crippen LogP contribution in [-0.4, -0.2) is 11.9 Å². The molecule has 0 fully saturated rings. The van der Waals surface area contributed by atoms with Crippen molar-refractivity contribution in [2.75, 3.05) is 0 Å². The second-order valence-electron chi connectivity index (χ2n) is 7.84. The number of hydrogen-bond acceptors (Lipinski definition) is 1. The number of carbonyl (C=O) groups is 1. The molecular formula is C23H31NO. The first-order valence-electron chi connectivity index (χ1n) is 9.19. The molecule has 0 saturated heterocycles. The Bertz CT molecular complexity index is 703. The van der Waals surface area contributed by atoms with E-state index in [2.05, 4.69) is 82.4 Å². The molecule has 0 heterocycles. The Morgan fingerprint density at radius 1 is 1.04 bits per heavy atom. The zero-order valence-corrected chi connectivity index (χ0v) is 16.2. The summed E-state index contributed by atoms with van der Waals surface area (Å²) < 4.78 is 0. The fourth-order valence-electron chi connectivity index (χ4n) is 3.39. The average molecular weight is 338 g/mol. The van der Waals surface area contributed by atoms with Gasteiger partial charge < -0.3 is 5.32 Å². The summed E-state index contributed by atoms with van der Waals surface area (Å²) in [5, 5.41) is 3.16. The topological polar surface area (TPSA) is 29.1 Å². The Balaban J connectivity index is 1.84. The minimum Gasteiger partial charge on any atom is -0.354 e. The lowest BCUT2D eigenvalue weighted by atomic mass is 9.79. The fraction of sp³-hybridized carbons (Fsp3) is 0.435. The molecule has 2 nitrogen and oxygen atoms in total. The number of rotatable bonds is 7. The molecule has 134 valence electrons. The first-order valence-corrected chi connectivity index (χ1v) is 9.19. The molecule has 0 radical (unpaired) electrons. The van der Waals surface area contributed by atoms with E-state index in [-0.39, 0.29) is 17.4 Å². The van der Waals surface area contributed by atoms with Crippen molar-refractivity contribution in [2.45, 2.75) is 65.3 Å². The lowest BCUT2D eigenvalue weighted by Crippen LogP contribution is -2.37. The second-order valence-corrected chi connectivity index (χ2v) is 7.84. The van der Waals surface area contributed by atoms with Gasteiger partial charge in [0.2, 0.25) is 5.91 Å². The predicted octanol–water partition coefficient (Wildman–Crippen LogP) is 5.11. The largest absolute Gasteiger partial charge is 0.354 e. The van der Waals surface area contributed by atoms with Crippen molar-refractivity contribution in [3.05, 3.63) is 70.8 Å². The quantitative estimate of drug-likeness (QED) is 0.747. The Hall–Kier alpha value is -2.09. The molecule has 1 amide bonds. The summed E-state index contributed by atoms with van der Waals surface area (Å²) in [6.45, 7) is 10.8. The molecule has 1 N–H and O–H groups in total. The summed E-state index contributed by atoms with van der Waals surface area (Å²) in [5.74, 6) is 0.134. The van der Waals surface area contributed by atoms with Crippen LogP contribution >= 0.6 is 0 Å². The van der Waals surface area contributed by atoms with E-state index < -0.39 is 0 Å². The minimum absolute atomic E-state index is 0.0437. The predicted molar refractivity (Wildman–Crippen MR) is 106 cm³/mol. The molecule has 2 heteroatoms. The fourth-order valence-corrected chi connectivity index (χ4v) is 3.39. The van der Waals surface area contributed by atoms with Gasteiger partial charge in [0, 0.05) is 12.5 Å². The molecule has 2 aromatic carbocycles. The second kappa shape index (κ2) is 8.33. The van der Waals surface area contributed by atoms with Gasteiger partial charge in [0.25, 0.3) is 0 Å². The third-order valence-electron chi connectivity index (χ3n) is 4.99. The SMILES string of the molecule is Cc1ccc(CCC(=O)NC(C)CC(C)(C)c2ccccc2)cc1C. The molecular weight excluding hydrogens is 306 g/mol. The van der Waals surface area contributed by atoms with Crippen molar-refractivity contribution in [1.82, 2.24) is 5.32 Å². The van der Waals surface area contributed by atoms with Crippen LogP contribution < -0.4 is 5.32 Å². The van der Waals surface area contributed by atoms with Crippen LogP contribution in [0.4, 0.5) is 0 Å². The van der Waals surface area contributed by atoms with E-state index in [0.29, 0.717) is 6.42 Å². The number of benzene rings is 2. The van der Waals surface area contributed by atoms with E-state index in [1.54, 1.807) is 0 Å². The summed E-state index contributed by atoms with van der Waals surface area (Å²) >= 11 is 0. The zero-order chi connectivity index (χ0) is 18.4. The van der Waals surface area contributed by atoms with E-state index in [4.69, 9.17) is 0 Å². The van der Waals surface area contributed by atoms with Crippen LogP contribution in [0.3, 0.4) is 0 Å². The summed E-state index contributed by atoms with van der Waals surface area (Å²) in [6.07, 6.45) is 2.26. The number of amides is 1. The number of nitrogens with one attached hydrogen (secondary N) is 1. The smallest absolute Gasteiger partial charge is 0.220 e. The van der Waals surface area contributed by atoms with E-state index in [1.807, 2.05) is 6.07 Å². The highest BCUT2D eigenvalue weighted by Gasteiger charge is 2.23. The molecule has 0 spiro atoms. The molecule has 0 saturated carbocycles. The Morgan fingerprint density at radius 2 is 1.72 bits per heavy atom. The van der Waals surface area contributed by atoms with Crippen LogP contribution in [0, 0.1) is 13.8 Å². The van der Waals surface area contributed by atoms with Crippen molar-refractivity contribution in [3.8, 4) is 0 Å². The lowest BCUT2D eigenvalue weighted by Gasteiger charge is -2.29. The first-order chi connectivity index (χ1) is 11.8. The molecule has 1 unspecified atom stereocenters. The van der Waals surface area contributed by atoms with Gasteiger partial charge in [-0.05, 0) is 61.3 Å². The third kappa shape index (κ3) is 5.74. The van der Waals surface area contributed by atoms with E-state index in [1.165, 1.54) is 22.3 Å². The van der Waals surface area contributed by atoms with E-state index in [0.717, 1.165) is 12.8 Å². The van der Waals surface area contributed by atoms with Gasteiger partial charge in [0.15, 0.2) is 0 Å². The van der Waals surface area contributed by atoms with E-state index in [9.17, 15) is 4.79 Å². The number of aryl methyl sites for hydroxylation is 3. The highest BCUT2D eigenvalue weighted by Crippen LogP contribution is 2.28. The minimum atomic E-state index is 0.0437. The average Bonchev–Trinajstić information content (AvgIpc) is 2.56. The molecule has 0 aliphatic carbocycles. The Kier molecular flexibility index (Phi) is 6.41. The Labute approximate surface area is 152 Å².